The number of nitriles is 1. The Morgan fingerprint density at radius 2 is 2.15 bits per heavy atom. The van der Waals surface area contributed by atoms with Gasteiger partial charge in [0.25, 0.3) is 5.82 Å². The monoisotopic (exact) mass is 190 g/mol. The summed E-state index contributed by atoms with van der Waals surface area (Å²) in [5, 5.41) is 11.4. The van der Waals surface area contributed by atoms with Gasteiger partial charge in [-0.3, -0.25) is 4.68 Å². The van der Waals surface area contributed by atoms with E-state index in [0.29, 0.717) is 0 Å². The number of hydrogen-bond donors (Lipinski definition) is 0. The van der Waals surface area contributed by atoms with Crippen molar-refractivity contribution in [1.82, 2.24) is 14.8 Å². The summed E-state index contributed by atoms with van der Waals surface area (Å²) in [5.74, 6) is -1.20. The minimum absolute atomic E-state index is 0.00910. The first-order chi connectivity index (χ1) is 5.95. The second-order valence-electron chi connectivity index (χ2n) is 2.31. The molecule has 0 aliphatic heterocycles. The van der Waals surface area contributed by atoms with Crippen molar-refractivity contribution in [3.63, 3.8) is 0 Å². The van der Waals surface area contributed by atoms with Crippen molar-refractivity contribution in [2.45, 2.75) is 12.6 Å². The van der Waals surface area contributed by atoms with Crippen LogP contribution >= 0.6 is 0 Å². The summed E-state index contributed by atoms with van der Waals surface area (Å²) in [6, 6.07) is 1.70. The number of halogens is 3. The van der Waals surface area contributed by atoms with Crippen LogP contribution in [-0.2, 0) is 19.6 Å². The number of aromatic nitrogens is 3. The first kappa shape index (κ1) is 9.51. The fourth-order valence-electron chi connectivity index (χ4n) is 0.761. The molecule has 0 atom stereocenters. The summed E-state index contributed by atoms with van der Waals surface area (Å²) >= 11 is 0. The van der Waals surface area contributed by atoms with Crippen molar-refractivity contribution in [1.29, 1.82) is 5.26 Å². The van der Waals surface area contributed by atoms with Crippen LogP contribution in [0.3, 0.4) is 0 Å². The van der Waals surface area contributed by atoms with Crippen LogP contribution in [-0.4, -0.2) is 14.8 Å². The summed E-state index contributed by atoms with van der Waals surface area (Å²) in [4.78, 5) is 3.18. The van der Waals surface area contributed by atoms with Crippen LogP contribution in [0.5, 0.6) is 0 Å². The van der Waals surface area contributed by atoms with Gasteiger partial charge in [0.15, 0.2) is 0 Å². The first-order valence-electron chi connectivity index (χ1n) is 3.29. The van der Waals surface area contributed by atoms with Crippen molar-refractivity contribution in [3.05, 3.63) is 11.6 Å². The summed E-state index contributed by atoms with van der Waals surface area (Å²) in [7, 11) is 1.31. The summed E-state index contributed by atoms with van der Waals surface area (Å²) in [5.41, 5.74) is 0. The van der Waals surface area contributed by atoms with Crippen LogP contribution in [0.15, 0.2) is 0 Å². The molecule has 0 spiro atoms. The Kier molecular flexibility index (Phi) is 2.23. The summed E-state index contributed by atoms with van der Waals surface area (Å²) < 4.78 is 37.0. The Balaban J connectivity index is 3.04. The molecule has 0 unspecified atom stereocenters. The maximum Gasteiger partial charge on any atom is 0.453 e. The average Bonchev–Trinajstić information content (AvgIpc) is 2.32. The lowest BCUT2D eigenvalue weighted by atomic mass is 10.4. The van der Waals surface area contributed by atoms with Crippen LogP contribution in [0.1, 0.15) is 11.6 Å². The molecule has 4 nitrogen and oxygen atoms in total. The average molecular weight is 190 g/mol. The van der Waals surface area contributed by atoms with Crippen molar-refractivity contribution in [2.75, 3.05) is 0 Å². The smallest absolute Gasteiger partial charge is 0.251 e. The van der Waals surface area contributed by atoms with Gasteiger partial charge in [-0.15, -0.1) is 5.10 Å². The maximum absolute atomic E-state index is 12.0. The minimum atomic E-state index is -4.55. The van der Waals surface area contributed by atoms with Crippen molar-refractivity contribution >= 4 is 0 Å². The van der Waals surface area contributed by atoms with Crippen LogP contribution < -0.4 is 0 Å². The lowest BCUT2D eigenvalue weighted by Gasteiger charge is -1.97. The molecule has 1 rings (SSSR count). The topological polar surface area (TPSA) is 54.5 Å². The Morgan fingerprint density at radius 1 is 1.54 bits per heavy atom. The zero-order chi connectivity index (χ0) is 10.1. The highest BCUT2D eigenvalue weighted by molar-refractivity contribution is 5.00. The molecule has 0 amide bonds. The largest absolute Gasteiger partial charge is 0.453 e. The van der Waals surface area contributed by atoms with E-state index in [1.165, 1.54) is 7.05 Å². The van der Waals surface area contributed by atoms with E-state index in [-0.39, 0.29) is 12.2 Å². The van der Waals surface area contributed by atoms with E-state index in [2.05, 4.69) is 10.1 Å². The van der Waals surface area contributed by atoms with E-state index in [0.717, 1.165) is 4.68 Å². The Morgan fingerprint density at radius 3 is 2.54 bits per heavy atom. The minimum Gasteiger partial charge on any atom is -0.251 e. The molecule has 0 aromatic carbocycles. The lowest BCUT2D eigenvalue weighted by Crippen LogP contribution is -2.08. The highest BCUT2D eigenvalue weighted by Gasteiger charge is 2.36. The molecule has 7 heteroatoms. The van der Waals surface area contributed by atoms with Gasteiger partial charge in [0.05, 0.1) is 12.5 Å². The highest BCUT2D eigenvalue weighted by atomic mass is 19.4. The normalized spacial score (nSPS) is 11.3. The summed E-state index contributed by atoms with van der Waals surface area (Å²) in [6.45, 7) is 0. The number of hydrogen-bond acceptors (Lipinski definition) is 3. The predicted octanol–water partition coefficient (Wildman–Crippen LogP) is 0.900. The molecule has 13 heavy (non-hydrogen) atoms. The second-order valence-corrected chi connectivity index (χ2v) is 2.31. The number of nitrogens with zero attached hydrogens (tertiary/aromatic N) is 4. The molecular formula is C6H5F3N4. The van der Waals surface area contributed by atoms with Gasteiger partial charge in [-0.1, -0.05) is 0 Å². The lowest BCUT2D eigenvalue weighted by molar-refractivity contribution is -0.145. The van der Waals surface area contributed by atoms with Gasteiger partial charge in [0.1, 0.15) is 5.82 Å². The molecule has 0 radical (unpaired) electrons. The molecule has 0 aliphatic rings. The summed E-state index contributed by atoms with van der Waals surface area (Å²) in [6.07, 6.45) is -4.73. The van der Waals surface area contributed by atoms with E-state index < -0.39 is 12.0 Å². The van der Waals surface area contributed by atoms with Gasteiger partial charge >= 0.3 is 6.18 Å². The van der Waals surface area contributed by atoms with Gasteiger partial charge < -0.3 is 0 Å². The molecule has 1 aromatic heterocycles. The van der Waals surface area contributed by atoms with E-state index in [9.17, 15) is 13.2 Å². The zero-order valence-corrected chi connectivity index (χ0v) is 6.63. The Labute approximate surface area is 71.6 Å². The van der Waals surface area contributed by atoms with Gasteiger partial charge in [0, 0.05) is 7.05 Å². The number of rotatable bonds is 1. The van der Waals surface area contributed by atoms with Gasteiger partial charge in [-0.05, 0) is 0 Å². The molecule has 1 heterocycles. The maximum atomic E-state index is 12.0. The fourth-order valence-corrected chi connectivity index (χ4v) is 0.761. The molecular weight excluding hydrogens is 185 g/mol. The molecule has 0 N–H and O–H groups in total. The molecule has 0 aliphatic carbocycles. The molecule has 0 fully saturated rings. The van der Waals surface area contributed by atoms with E-state index in [1.807, 2.05) is 0 Å². The van der Waals surface area contributed by atoms with Crippen LogP contribution in [0.4, 0.5) is 13.2 Å². The van der Waals surface area contributed by atoms with Crippen molar-refractivity contribution in [2.24, 2.45) is 7.05 Å². The van der Waals surface area contributed by atoms with E-state index >= 15 is 0 Å². The zero-order valence-electron chi connectivity index (χ0n) is 6.63. The molecule has 0 saturated heterocycles. The molecule has 70 valence electrons. The third kappa shape index (κ3) is 1.96. The third-order valence-corrected chi connectivity index (χ3v) is 1.34. The second kappa shape index (κ2) is 3.05. The fraction of sp³-hybridized carbons (Fsp3) is 0.500. The van der Waals surface area contributed by atoms with Crippen LogP contribution in [0.2, 0.25) is 0 Å². The Hall–Kier alpha value is -1.58. The number of alkyl halides is 3. The third-order valence-electron chi connectivity index (χ3n) is 1.34. The number of aryl methyl sites for hydroxylation is 1. The molecule has 0 saturated carbocycles. The van der Waals surface area contributed by atoms with Crippen LogP contribution in [0.25, 0.3) is 0 Å². The predicted molar refractivity (Wildman–Crippen MR) is 35.3 cm³/mol. The van der Waals surface area contributed by atoms with Crippen LogP contribution in [0, 0.1) is 11.3 Å². The van der Waals surface area contributed by atoms with E-state index in [4.69, 9.17) is 5.26 Å². The highest BCUT2D eigenvalue weighted by Crippen LogP contribution is 2.25. The molecule has 0 bridgehead atoms. The SMILES string of the molecule is Cn1nc(C(F)(F)F)nc1CC#N. The van der Waals surface area contributed by atoms with Crippen molar-refractivity contribution < 1.29 is 13.2 Å². The Bertz CT molecular complexity index is 346. The van der Waals surface area contributed by atoms with Gasteiger partial charge in [-0.2, -0.15) is 18.4 Å². The molecule has 1 aromatic rings. The van der Waals surface area contributed by atoms with Crippen molar-refractivity contribution in [3.8, 4) is 6.07 Å². The quantitative estimate of drug-likeness (QED) is 0.661. The first-order valence-corrected chi connectivity index (χ1v) is 3.29. The van der Waals surface area contributed by atoms with Gasteiger partial charge in [-0.25, -0.2) is 4.98 Å². The van der Waals surface area contributed by atoms with Gasteiger partial charge in [0.2, 0.25) is 0 Å². The van der Waals surface area contributed by atoms with E-state index in [1.54, 1.807) is 6.07 Å². The standard InChI is InChI=1S/C6H5F3N4/c1-13-4(2-3-10)11-5(12-13)6(7,8)9/h2H2,1H3.